The van der Waals surface area contributed by atoms with Crippen LogP contribution in [0.5, 0.6) is 0 Å². The summed E-state index contributed by atoms with van der Waals surface area (Å²) in [6, 6.07) is 24.5. The molecule has 2 aromatic carbocycles. The molecule has 1 aliphatic rings. The number of nitrogens with zero attached hydrogens (tertiary/aromatic N) is 2. The van der Waals surface area contributed by atoms with E-state index in [2.05, 4.69) is 75.7 Å². The summed E-state index contributed by atoms with van der Waals surface area (Å²) in [5, 5.41) is 17.2. The zero-order valence-electron chi connectivity index (χ0n) is 24.1. The van der Waals surface area contributed by atoms with Gasteiger partial charge in [0.25, 0.3) is 0 Å². The van der Waals surface area contributed by atoms with Crippen LogP contribution in [-0.4, -0.2) is 18.7 Å². The van der Waals surface area contributed by atoms with Gasteiger partial charge in [-0.2, -0.15) is 10.5 Å². The number of hydrogen-bond donors (Lipinski definition) is 0. The summed E-state index contributed by atoms with van der Waals surface area (Å²) in [5.74, 6) is 2.63. The Kier molecular flexibility index (Phi) is 17.3. The van der Waals surface area contributed by atoms with Crippen molar-refractivity contribution in [3.05, 3.63) is 91.3 Å². The van der Waals surface area contributed by atoms with Crippen LogP contribution in [0.4, 0.5) is 25.2 Å². The minimum absolute atomic E-state index is 0. The van der Waals surface area contributed by atoms with Crippen molar-refractivity contribution in [3.8, 4) is 12.1 Å². The van der Waals surface area contributed by atoms with Crippen LogP contribution < -0.4 is 10.6 Å². The molecule has 0 unspecified atom stereocenters. The van der Waals surface area contributed by atoms with Gasteiger partial charge in [-0.05, 0) is 48.6 Å². The van der Waals surface area contributed by atoms with Crippen LogP contribution in [0.2, 0.25) is 0 Å². The van der Waals surface area contributed by atoms with E-state index in [9.17, 15) is 30.0 Å². The van der Waals surface area contributed by atoms with Crippen molar-refractivity contribution < 1.29 is 54.2 Å². The van der Waals surface area contributed by atoms with Crippen molar-refractivity contribution >= 4 is 32.3 Å². The number of hydrogen-bond acceptors (Lipinski definition) is 4. The number of benzene rings is 2. The molecule has 0 aliphatic heterocycles. The van der Waals surface area contributed by atoms with Gasteiger partial charge in [-0.15, -0.1) is 0 Å². The van der Waals surface area contributed by atoms with Crippen LogP contribution in [0.3, 0.4) is 0 Å². The number of carbonyl (C=O) groups is 1. The maximum absolute atomic E-state index is 12.6. The number of halogens is 6. The fourth-order valence-corrected chi connectivity index (χ4v) is 5.36. The van der Waals surface area contributed by atoms with Crippen LogP contribution in [0.1, 0.15) is 41.5 Å². The third kappa shape index (κ3) is 20.8. The van der Waals surface area contributed by atoms with E-state index in [-0.39, 0.29) is 30.9 Å². The Bertz CT molecular complexity index is 1090. The van der Waals surface area contributed by atoms with Crippen molar-refractivity contribution in [3.63, 3.8) is 0 Å². The van der Waals surface area contributed by atoms with Crippen molar-refractivity contribution in [1.29, 1.82) is 10.5 Å². The van der Waals surface area contributed by atoms with E-state index in [1.54, 1.807) is 12.1 Å². The molecule has 232 valence electrons. The number of rotatable bonds is 6. The molecule has 4 nitrogen and oxygen atoms in total. The topological polar surface area (TPSA) is 73.9 Å². The van der Waals surface area contributed by atoms with E-state index in [4.69, 9.17) is 15.3 Å². The number of carbonyl (C=O) groups excluding carboxylic acids is 1. The maximum atomic E-state index is 12.6. The van der Waals surface area contributed by atoms with Gasteiger partial charge in [0.15, 0.2) is 0 Å². The van der Waals surface area contributed by atoms with Gasteiger partial charge in [0.2, 0.25) is 0 Å². The first-order chi connectivity index (χ1) is 18.6. The Labute approximate surface area is 259 Å². The molecule has 0 heterocycles. The Hall–Kier alpha value is -2.05. The van der Waals surface area contributed by atoms with Crippen molar-refractivity contribution in [2.45, 2.75) is 41.5 Å². The molecular formula is C29H34F6N2O2P2Ru. The number of esters is 1. The average molecular weight is 720 g/mol. The van der Waals surface area contributed by atoms with Crippen LogP contribution >= 0.6 is 15.7 Å². The molecule has 0 atom stereocenters. The van der Waals surface area contributed by atoms with E-state index in [0.29, 0.717) is 12.5 Å². The zero-order chi connectivity index (χ0) is 32.0. The summed E-state index contributed by atoms with van der Waals surface area (Å²) >= 11 is 0. The van der Waals surface area contributed by atoms with Crippen LogP contribution in [0.25, 0.3) is 0 Å². The van der Waals surface area contributed by atoms with Gasteiger partial charge in [-0.25, -0.2) is 0 Å². The molecule has 2 aromatic rings. The fraction of sp³-hybridized carbons (Fsp3) is 0.310. The molecule has 0 amide bonds. The van der Waals surface area contributed by atoms with Crippen LogP contribution in [0.15, 0.2) is 60.7 Å². The van der Waals surface area contributed by atoms with Gasteiger partial charge in [0, 0.05) is 20.0 Å². The second kappa shape index (κ2) is 17.3. The summed E-state index contributed by atoms with van der Waals surface area (Å²) in [6.45, 7) is 11.7. The van der Waals surface area contributed by atoms with Crippen LogP contribution in [0, 0.1) is 58.7 Å². The summed E-state index contributed by atoms with van der Waals surface area (Å²) < 4.78 is 64.9. The third-order valence-electron chi connectivity index (χ3n) is 4.87. The Morgan fingerprint density at radius 3 is 1.50 bits per heavy atom. The monoisotopic (exact) mass is 720 g/mol. The molecule has 13 heteroatoms. The van der Waals surface area contributed by atoms with Gasteiger partial charge < -0.3 is 4.74 Å². The molecule has 1 saturated carbocycles. The van der Waals surface area contributed by atoms with Gasteiger partial charge in [0.1, 0.15) is 0 Å². The van der Waals surface area contributed by atoms with E-state index in [0.717, 1.165) is 12.1 Å². The van der Waals surface area contributed by atoms with Crippen molar-refractivity contribution in [1.82, 2.24) is 0 Å². The summed E-state index contributed by atoms with van der Waals surface area (Å²) in [6.07, 6.45) is 4.90. The molecule has 1 aliphatic carbocycles. The molecule has 42 heavy (non-hydrogen) atoms. The van der Waals surface area contributed by atoms with E-state index in [1.807, 2.05) is 25.5 Å². The summed E-state index contributed by atoms with van der Waals surface area (Å²) in [4.78, 5) is 12.6. The number of ether oxygens (including phenoxy) is 1. The second-order valence-corrected chi connectivity index (χ2v) is 13.7. The predicted octanol–water partition coefficient (Wildman–Crippen LogP) is 9.31. The minimum atomic E-state index is -10.7. The molecule has 0 spiro atoms. The van der Waals surface area contributed by atoms with Gasteiger partial charge >= 0.3 is 58.4 Å². The molecule has 6 radical (unpaired) electrons. The molecule has 1 fully saturated rings. The minimum Gasteiger partial charge on any atom is 1.00 e. The van der Waals surface area contributed by atoms with E-state index < -0.39 is 15.7 Å². The zero-order valence-corrected chi connectivity index (χ0v) is 27.6. The summed E-state index contributed by atoms with van der Waals surface area (Å²) in [7, 11) is -11.2. The molecule has 0 saturated heterocycles. The second-order valence-electron chi connectivity index (χ2n) is 9.45. The molecule has 0 aromatic heterocycles. The predicted molar refractivity (Wildman–Crippen MR) is 154 cm³/mol. The number of nitriles is 2. The van der Waals surface area contributed by atoms with Gasteiger partial charge in [-0.1, -0.05) is 88.4 Å². The van der Waals surface area contributed by atoms with Crippen LogP contribution in [-0.2, 0) is 29.0 Å². The third-order valence-corrected chi connectivity index (χ3v) is 7.34. The van der Waals surface area contributed by atoms with Crippen molar-refractivity contribution in [2.24, 2.45) is 5.41 Å². The Morgan fingerprint density at radius 1 is 0.833 bits per heavy atom. The maximum Gasteiger partial charge on any atom is 1.00 e. The largest absolute Gasteiger partial charge is 1.00 e. The van der Waals surface area contributed by atoms with E-state index in [1.165, 1.54) is 30.4 Å². The molecular weight excluding hydrogens is 685 g/mol. The first-order valence-corrected chi connectivity index (χ1v) is 15.7. The normalized spacial score (nSPS) is 15.3. The van der Waals surface area contributed by atoms with Gasteiger partial charge in [-0.3, -0.25) is 4.79 Å². The average Bonchev–Trinajstić information content (AvgIpc) is 3.24. The van der Waals surface area contributed by atoms with Crippen molar-refractivity contribution in [2.75, 3.05) is 12.8 Å². The summed E-state index contributed by atoms with van der Waals surface area (Å²) in [5.41, 5.74) is 0.0260. The smallest absolute Gasteiger partial charge is 1.00 e. The quantitative estimate of drug-likeness (QED) is 0.129. The Morgan fingerprint density at radius 2 is 1.19 bits per heavy atom. The van der Waals surface area contributed by atoms with E-state index >= 15 is 0 Å². The SMILES string of the molecule is CC#N.CC#N.C[C]1[CH][C](C(C)(C)C)[CH][C]1C(=O)OCCP(c1ccccc1)c1ccccc1.F[P-](F)(F)(F)(F)F.[Ru+]. The standard InChI is InChI=1S/C25H28O2P.2C2H3N.F6P.Ru/c1-19-17-20(25(2,3)4)18-23(19)24(26)27-15-16-28(21-11-7-5-8-12-21)22-13-9-6-10-14-22;2*1-2-3;1-7(2,3,4,5)6;/h5-14,17-18H,15-16H2,1-4H3;2*1H3;;/q;;;-1;+1. The first kappa shape index (κ1) is 42.1. The fourth-order valence-electron chi connectivity index (χ4n) is 3.21. The molecule has 0 bridgehead atoms. The van der Waals surface area contributed by atoms with Gasteiger partial charge in [0.05, 0.1) is 24.7 Å². The first-order valence-electron chi connectivity index (χ1n) is 12.1. The molecule has 0 N–H and O–H groups in total. The molecule has 3 rings (SSSR count). The Balaban J connectivity index is 0.